The Hall–Kier alpha value is -2.97. The van der Waals surface area contributed by atoms with E-state index in [-0.39, 0.29) is 12.2 Å². The van der Waals surface area contributed by atoms with Crippen molar-refractivity contribution in [3.8, 4) is 0 Å². The average molecular weight is 412 g/mol. The minimum atomic E-state index is -1.00. The van der Waals surface area contributed by atoms with Crippen LogP contribution in [0.25, 0.3) is 10.8 Å². The van der Waals surface area contributed by atoms with Gasteiger partial charge in [-0.05, 0) is 69.8 Å². The first-order valence-electron chi connectivity index (χ1n) is 9.93. The highest BCUT2D eigenvalue weighted by atomic mass is 16.3. The molecular weight excluding hydrogens is 382 g/mol. The van der Waals surface area contributed by atoms with Crippen molar-refractivity contribution in [2.45, 2.75) is 52.3 Å². The van der Waals surface area contributed by atoms with Crippen LogP contribution < -0.4 is 16.2 Å². The zero-order chi connectivity index (χ0) is 22.1. The Bertz CT molecular complexity index is 1120. The van der Waals surface area contributed by atoms with Crippen LogP contribution >= 0.6 is 0 Å². The molecule has 0 bridgehead atoms. The van der Waals surface area contributed by atoms with E-state index in [0.29, 0.717) is 34.9 Å². The van der Waals surface area contributed by atoms with Crippen molar-refractivity contribution in [2.75, 3.05) is 17.2 Å². The van der Waals surface area contributed by atoms with Crippen molar-refractivity contribution in [3.63, 3.8) is 0 Å². The first kappa shape index (κ1) is 21.7. The summed E-state index contributed by atoms with van der Waals surface area (Å²) in [6.45, 7) is 9.40. The minimum absolute atomic E-state index is 0.127. The summed E-state index contributed by atoms with van der Waals surface area (Å²) in [5.41, 5.74) is -1.10. The Kier molecular flexibility index (Phi) is 5.83. The number of hydrogen-bond acceptors (Lipinski definition) is 7. The maximum absolute atomic E-state index is 12.9. The lowest BCUT2D eigenvalue weighted by molar-refractivity contribution is 0.0786. The van der Waals surface area contributed by atoms with Crippen LogP contribution in [-0.2, 0) is 12.1 Å². The van der Waals surface area contributed by atoms with Gasteiger partial charge in [-0.2, -0.15) is 0 Å². The van der Waals surface area contributed by atoms with Gasteiger partial charge < -0.3 is 25.4 Å². The van der Waals surface area contributed by atoms with Crippen molar-refractivity contribution >= 4 is 28.2 Å². The lowest BCUT2D eigenvalue weighted by Crippen LogP contribution is -2.36. The zero-order valence-corrected chi connectivity index (χ0v) is 18.0. The molecule has 0 amide bonds. The standard InChI is InChI=1S/C22H29N5O3/c1-6-27-10-8-14-11-17(24-16-12-15(7-9-23-16)22(4,5)30)25-19(18(14)20(27)29)26-21(2,3)13-28/h7-12,28,30H,6,13H2,1-5H3,(H2,23,24,25,26). The van der Waals surface area contributed by atoms with Gasteiger partial charge in [0.1, 0.15) is 17.5 Å². The largest absolute Gasteiger partial charge is 0.394 e. The van der Waals surface area contributed by atoms with Crippen molar-refractivity contribution in [1.82, 2.24) is 14.5 Å². The predicted molar refractivity (Wildman–Crippen MR) is 119 cm³/mol. The lowest BCUT2D eigenvalue weighted by atomic mass is 10.00. The van der Waals surface area contributed by atoms with Gasteiger partial charge in [0.2, 0.25) is 0 Å². The highest BCUT2D eigenvalue weighted by Gasteiger charge is 2.21. The normalized spacial score (nSPS) is 12.2. The van der Waals surface area contributed by atoms with E-state index in [4.69, 9.17) is 0 Å². The third-order valence-electron chi connectivity index (χ3n) is 4.87. The van der Waals surface area contributed by atoms with Gasteiger partial charge in [0.25, 0.3) is 5.56 Å². The molecule has 0 spiro atoms. The Morgan fingerprint density at radius 3 is 2.50 bits per heavy atom. The predicted octanol–water partition coefficient (Wildman–Crippen LogP) is 2.97. The second kappa shape index (κ2) is 8.04. The minimum Gasteiger partial charge on any atom is -0.394 e. The van der Waals surface area contributed by atoms with E-state index in [1.165, 1.54) is 0 Å². The number of aliphatic hydroxyl groups is 2. The first-order valence-corrected chi connectivity index (χ1v) is 9.93. The fourth-order valence-electron chi connectivity index (χ4n) is 3.08. The Morgan fingerprint density at radius 2 is 1.87 bits per heavy atom. The van der Waals surface area contributed by atoms with Gasteiger partial charge in [0.05, 0.1) is 23.1 Å². The quantitative estimate of drug-likeness (QED) is 0.473. The summed E-state index contributed by atoms with van der Waals surface area (Å²) in [5, 5.41) is 27.5. The van der Waals surface area contributed by atoms with E-state index in [9.17, 15) is 15.0 Å². The van der Waals surface area contributed by atoms with Crippen molar-refractivity contribution < 1.29 is 10.2 Å². The fourth-order valence-corrected chi connectivity index (χ4v) is 3.08. The van der Waals surface area contributed by atoms with E-state index in [0.717, 1.165) is 5.39 Å². The average Bonchev–Trinajstić information content (AvgIpc) is 2.67. The van der Waals surface area contributed by atoms with Crippen LogP contribution in [0.3, 0.4) is 0 Å². The van der Waals surface area contributed by atoms with Gasteiger partial charge in [-0.3, -0.25) is 4.79 Å². The maximum atomic E-state index is 12.9. The molecule has 0 aliphatic carbocycles. The molecule has 3 rings (SSSR count). The molecule has 0 unspecified atom stereocenters. The van der Waals surface area contributed by atoms with E-state index in [2.05, 4.69) is 20.6 Å². The van der Waals surface area contributed by atoms with Crippen LogP contribution in [0.2, 0.25) is 0 Å². The van der Waals surface area contributed by atoms with Crippen molar-refractivity contribution in [2.24, 2.45) is 0 Å². The molecule has 8 nitrogen and oxygen atoms in total. The topological polar surface area (TPSA) is 112 Å². The molecule has 0 atom stereocenters. The molecular formula is C22H29N5O3. The van der Waals surface area contributed by atoms with Crippen LogP contribution in [0.15, 0.2) is 41.5 Å². The fraction of sp³-hybridized carbons (Fsp3) is 0.409. The monoisotopic (exact) mass is 411 g/mol. The molecule has 3 aromatic rings. The molecule has 0 saturated heterocycles. The second-order valence-electron chi connectivity index (χ2n) is 8.51. The SMILES string of the molecule is CCn1ccc2cc(Nc3cc(C(C)(C)O)ccn3)nc(NC(C)(C)CO)c2c1=O. The Labute approximate surface area is 175 Å². The van der Waals surface area contributed by atoms with Crippen LogP contribution in [0.5, 0.6) is 0 Å². The van der Waals surface area contributed by atoms with E-state index in [1.54, 1.807) is 49.0 Å². The van der Waals surface area contributed by atoms with Crippen molar-refractivity contribution in [3.05, 3.63) is 52.6 Å². The highest BCUT2D eigenvalue weighted by Crippen LogP contribution is 2.27. The molecule has 0 fully saturated rings. The summed E-state index contributed by atoms with van der Waals surface area (Å²) < 4.78 is 1.61. The maximum Gasteiger partial charge on any atom is 0.262 e. The first-order chi connectivity index (χ1) is 14.0. The number of nitrogens with zero attached hydrogens (tertiary/aromatic N) is 3. The summed E-state index contributed by atoms with van der Waals surface area (Å²) in [5.74, 6) is 1.41. The molecule has 4 N–H and O–H groups in total. The third kappa shape index (κ3) is 4.60. The zero-order valence-electron chi connectivity index (χ0n) is 18.0. The molecule has 0 saturated carbocycles. The van der Waals surface area contributed by atoms with Gasteiger partial charge in [-0.1, -0.05) is 0 Å². The molecule has 3 aromatic heterocycles. The lowest BCUT2D eigenvalue weighted by Gasteiger charge is -2.25. The van der Waals surface area contributed by atoms with E-state index in [1.807, 2.05) is 26.8 Å². The Balaban J connectivity index is 2.12. The molecule has 0 aliphatic heterocycles. The summed E-state index contributed by atoms with van der Waals surface area (Å²) in [4.78, 5) is 21.9. The Morgan fingerprint density at radius 1 is 1.13 bits per heavy atom. The second-order valence-corrected chi connectivity index (χ2v) is 8.51. The number of nitrogens with one attached hydrogen (secondary N) is 2. The molecule has 30 heavy (non-hydrogen) atoms. The number of anilines is 3. The highest BCUT2D eigenvalue weighted by molar-refractivity contribution is 5.93. The smallest absolute Gasteiger partial charge is 0.262 e. The number of rotatable bonds is 7. The van der Waals surface area contributed by atoms with Crippen LogP contribution in [-0.4, -0.2) is 36.9 Å². The summed E-state index contributed by atoms with van der Waals surface area (Å²) in [7, 11) is 0. The number of aromatic nitrogens is 3. The molecule has 160 valence electrons. The van der Waals surface area contributed by atoms with Crippen molar-refractivity contribution in [1.29, 1.82) is 0 Å². The van der Waals surface area contributed by atoms with Gasteiger partial charge in [0.15, 0.2) is 0 Å². The van der Waals surface area contributed by atoms with Gasteiger partial charge >= 0.3 is 0 Å². The molecule has 0 aromatic carbocycles. The van der Waals surface area contributed by atoms with Crippen LogP contribution in [0.1, 0.15) is 40.2 Å². The summed E-state index contributed by atoms with van der Waals surface area (Å²) in [6.07, 6.45) is 3.37. The third-order valence-corrected chi connectivity index (χ3v) is 4.87. The molecule has 0 aliphatic rings. The number of aryl methyl sites for hydroxylation is 1. The van der Waals surface area contributed by atoms with Crippen LogP contribution in [0, 0.1) is 0 Å². The van der Waals surface area contributed by atoms with Crippen LogP contribution in [0.4, 0.5) is 17.5 Å². The van der Waals surface area contributed by atoms with Gasteiger partial charge in [-0.15, -0.1) is 0 Å². The summed E-state index contributed by atoms with van der Waals surface area (Å²) in [6, 6.07) is 7.16. The number of pyridine rings is 3. The van der Waals surface area contributed by atoms with E-state index >= 15 is 0 Å². The molecule has 3 heterocycles. The summed E-state index contributed by atoms with van der Waals surface area (Å²) >= 11 is 0. The molecule has 0 radical (unpaired) electrons. The van der Waals surface area contributed by atoms with Gasteiger partial charge in [0, 0.05) is 18.9 Å². The van der Waals surface area contributed by atoms with Gasteiger partial charge in [-0.25, -0.2) is 9.97 Å². The number of hydrogen-bond donors (Lipinski definition) is 4. The number of fused-ring (bicyclic) bond motifs is 1. The van der Waals surface area contributed by atoms with E-state index < -0.39 is 11.1 Å². The molecule has 8 heteroatoms. The number of aliphatic hydroxyl groups excluding tert-OH is 1.